The van der Waals surface area contributed by atoms with Crippen LogP contribution in [-0.4, -0.2) is 53.4 Å². The van der Waals surface area contributed by atoms with Gasteiger partial charge < -0.3 is 14.4 Å². The number of amides is 1. The third-order valence-electron chi connectivity index (χ3n) is 6.79. The van der Waals surface area contributed by atoms with Gasteiger partial charge in [-0.15, -0.1) is 0 Å². The first-order chi connectivity index (χ1) is 18.5. The molecule has 2 atom stereocenters. The average Bonchev–Trinajstić information content (AvgIpc) is 3.46. The van der Waals surface area contributed by atoms with Crippen LogP contribution >= 0.6 is 0 Å². The summed E-state index contributed by atoms with van der Waals surface area (Å²) in [6.07, 6.45) is 1.12. The van der Waals surface area contributed by atoms with E-state index in [4.69, 9.17) is 9.47 Å². The first kappa shape index (κ1) is 27.1. The number of carbonyl (C=O) groups excluding carboxylic acids is 3. The maximum atomic E-state index is 14.1. The van der Waals surface area contributed by atoms with Gasteiger partial charge in [0.25, 0.3) is 0 Å². The monoisotopic (exact) mass is 514 g/mol. The summed E-state index contributed by atoms with van der Waals surface area (Å²) in [6.45, 7) is 1.48. The highest BCUT2D eigenvalue weighted by molar-refractivity contribution is 5.90. The summed E-state index contributed by atoms with van der Waals surface area (Å²) >= 11 is 0. The lowest BCUT2D eigenvalue weighted by molar-refractivity contribution is -0.156. The molecule has 7 heteroatoms. The van der Waals surface area contributed by atoms with Crippen molar-refractivity contribution < 1.29 is 23.9 Å². The number of benzene rings is 3. The molecule has 0 bridgehead atoms. The molecule has 3 aromatic rings. The highest BCUT2D eigenvalue weighted by Crippen LogP contribution is 2.24. The molecule has 1 aliphatic heterocycles. The first-order valence-electron chi connectivity index (χ1n) is 12.9. The molecule has 38 heavy (non-hydrogen) atoms. The lowest BCUT2D eigenvalue weighted by Gasteiger charge is -2.34. The van der Waals surface area contributed by atoms with Crippen LogP contribution in [0, 0.1) is 0 Å². The molecule has 0 saturated carbocycles. The van der Waals surface area contributed by atoms with Crippen LogP contribution in [0.3, 0.4) is 0 Å². The molecular formula is C31H34N2O5. The van der Waals surface area contributed by atoms with Crippen LogP contribution in [-0.2, 0) is 43.6 Å². The number of methoxy groups -OCH3 is 1. The van der Waals surface area contributed by atoms with Crippen molar-refractivity contribution in [3.8, 4) is 0 Å². The van der Waals surface area contributed by atoms with Gasteiger partial charge in [0.05, 0.1) is 13.5 Å². The van der Waals surface area contributed by atoms with E-state index in [1.165, 1.54) is 7.11 Å². The summed E-state index contributed by atoms with van der Waals surface area (Å²) in [5, 5.41) is 0. The van der Waals surface area contributed by atoms with E-state index in [0.717, 1.165) is 16.7 Å². The zero-order chi connectivity index (χ0) is 26.7. The van der Waals surface area contributed by atoms with Gasteiger partial charge in [-0.1, -0.05) is 91.0 Å². The quantitative estimate of drug-likeness (QED) is 0.354. The maximum absolute atomic E-state index is 14.1. The van der Waals surface area contributed by atoms with Gasteiger partial charge in [0.15, 0.2) is 0 Å². The van der Waals surface area contributed by atoms with Crippen molar-refractivity contribution in [2.45, 2.75) is 51.0 Å². The van der Waals surface area contributed by atoms with Crippen LogP contribution in [0.15, 0.2) is 91.0 Å². The van der Waals surface area contributed by atoms with Gasteiger partial charge in [0.1, 0.15) is 18.7 Å². The topological polar surface area (TPSA) is 76.1 Å². The van der Waals surface area contributed by atoms with Crippen LogP contribution in [0.1, 0.15) is 36.0 Å². The summed E-state index contributed by atoms with van der Waals surface area (Å²) in [7, 11) is 1.33. The number of nitrogens with zero attached hydrogens (tertiary/aromatic N) is 2. The molecule has 1 fully saturated rings. The molecule has 1 saturated heterocycles. The van der Waals surface area contributed by atoms with E-state index in [2.05, 4.69) is 0 Å². The van der Waals surface area contributed by atoms with Crippen LogP contribution in [0.5, 0.6) is 0 Å². The molecule has 1 aliphatic rings. The van der Waals surface area contributed by atoms with Crippen molar-refractivity contribution in [3.05, 3.63) is 108 Å². The smallest absolute Gasteiger partial charge is 0.328 e. The second kappa shape index (κ2) is 13.5. The van der Waals surface area contributed by atoms with Crippen molar-refractivity contribution in [2.75, 3.05) is 13.7 Å². The molecule has 0 spiro atoms. The van der Waals surface area contributed by atoms with E-state index in [9.17, 15) is 14.4 Å². The lowest BCUT2D eigenvalue weighted by Crippen LogP contribution is -2.52. The zero-order valence-electron chi connectivity index (χ0n) is 21.7. The van der Waals surface area contributed by atoms with Gasteiger partial charge in [0, 0.05) is 19.6 Å². The number of likely N-dealkylation sites (tertiary alicyclic amines) is 1. The van der Waals surface area contributed by atoms with E-state index in [0.29, 0.717) is 32.5 Å². The van der Waals surface area contributed by atoms with Gasteiger partial charge >= 0.3 is 11.9 Å². The fourth-order valence-corrected chi connectivity index (χ4v) is 4.84. The molecule has 0 radical (unpaired) electrons. The third kappa shape index (κ3) is 7.29. The molecule has 1 amide bonds. The Morgan fingerprint density at radius 1 is 0.842 bits per heavy atom. The van der Waals surface area contributed by atoms with Gasteiger partial charge in [0.2, 0.25) is 5.91 Å². The minimum atomic E-state index is -0.816. The molecule has 4 rings (SSSR count). The molecule has 0 aromatic heterocycles. The Hall–Kier alpha value is -3.97. The molecule has 0 N–H and O–H groups in total. The predicted octanol–water partition coefficient (Wildman–Crippen LogP) is 4.35. The number of esters is 2. The summed E-state index contributed by atoms with van der Waals surface area (Å²) < 4.78 is 10.6. The van der Waals surface area contributed by atoms with Crippen LogP contribution in [0.25, 0.3) is 0 Å². The minimum Gasteiger partial charge on any atom is -0.467 e. The summed E-state index contributed by atoms with van der Waals surface area (Å²) in [6, 6.07) is 27.7. The fraction of sp³-hybridized carbons (Fsp3) is 0.323. The highest BCUT2D eigenvalue weighted by atomic mass is 16.5. The van der Waals surface area contributed by atoms with Crippen molar-refractivity contribution >= 4 is 17.8 Å². The maximum Gasteiger partial charge on any atom is 0.328 e. The van der Waals surface area contributed by atoms with Crippen molar-refractivity contribution in [2.24, 2.45) is 0 Å². The molecule has 7 nitrogen and oxygen atoms in total. The second-order valence-corrected chi connectivity index (χ2v) is 9.46. The Morgan fingerprint density at radius 2 is 1.37 bits per heavy atom. The molecule has 3 aromatic carbocycles. The fourth-order valence-electron chi connectivity index (χ4n) is 4.84. The van der Waals surface area contributed by atoms with Crippen LogP contribution in [0.2, 0.25) is 0 Å². The zero-order valence-corrected chi connectivity index (χ0v) is 21.7. The van der Waals surface area contributed by atoms with E-state index < -0.39 is 24.0 Å². The largest absolute Gasteiger partial charge is 0.467 e. The minimum absolute atomic E-state index is 0.129. The predicted molar refractivity (Wildman–Crippen MR) is 144 cm³/mol. The van der Waals surface area contributed by atoms with Gasteiger partial charge in [-0.3, -0.25) is 14.5 Å². The second-order valence-electron chi connectivity index (χ2n) is 9.46. The molecule has 0 unspecified atom stereocenters. The van der Waals surface area contributed by atoms with E-state index >= 15 is 0 Å². The normalized spacial score (nSPS) is 15.7. The number of rotatable bonds is 11. The Kier molecular flexibility index (Phi) is 9.65. The number of hydrogen-bond acceptors (Lipinski definition) is 6. The summed E-state index contributed by atoms with van der Waals surface area (Å²) in [4.78, 5) is 43.2. The SMILES string of the molecule is COC(=O)[C@@H]1CCCN1C(=O)[C@H](CC(=O)OCc1ccccc1)N(Cc1ccccc1)Cc1ccccc1. The first-order valence-corrected chi connectivity index (χ1v) is 12.9. The Morgan fingerprint density at radius 3 is 1.89 bits per heavy atom. The lowest BCUT2D eigenvalue weighted by atomic mass is 10.1. The number of carbonyl (C=O) groups is 3. The van der Waals surface area contributed by atoms with Crippen molar-refractivity contribution in [1.82, 2.24) is 9.80 Å². The molecule has 0 aliphatic carbocycles. The molecule has 1 heterocycles. The van der Waals surface area contributed by atoms with Crippen molar-refractivity contribution in [1.29, 1.82) is 0 Å². The highest BCUT2D eigenvalue weighted by Gasteiger charge is 2.40. The molecular weight excluding hydrogens is 480 g/mol. The van der Waals surface area contributed by atoms with Crippen LogP contribution < -0.4 is 0 Å². The van der Waals surface area contributed by atoms with Crippen LogP contribution in [0.4, 0.5) is 0 Å². The van der Waals surface area contributed by atoms with Crippen molar-refractivity contribution in [3.63, 3.8) is 0 Å². The van der Waals surface area contributed by atoms with E-state index in [1.54, 1.807) is 4.90 Å². The molecule has 198 valence electrons. The third-order valence-corrected chi connectivity index (χ3v) is 6.79. The Bertz CT molecular complexity index is 1150. The number of hydrogen-bond donors (Lipinski definition) is 0. The van der Waals surface area contributed by atoms with Gasteiger partial charge in [-0.05, 0) is 29.5 Å². The van der Waals surface area contributed by atoms with E-state index in [1.807, 2.05) is 95.9 Å². The Balaban J connectivity index is 1.62. The summed E-state index contributed by atoms with van der Waals surface area (Å²) in [5.74, 6) is -1.16. The van der Waals surface area contributed by atoms with Gasteiger partial charge in [-0.25, -0.2) is 4.79 Å². The van der Waals surface area contributed by atoms with E-state index in [-0.39, 0.29) is 18.9 Å². The van der Waals surface area contributed by atoms with Gasteiger partial charge in [-0.2, -0.15) is 0 Å². The Labute approximate surface area is 224 Å². The standard InChI is InChI=1S/C31H34N2O5/c1-37-31(36)27-18-11-19-33(27)30(35)28(20-29(34)38-23-26-16-9-4-10-17-26)32(21-24-12-5-2-6-13-24)22-25-14-7-3-8-15-25/h2-10,12-17,27-28H,11,18-23H2,1H3/t27-,28-/m0/s1. The summed E-state index contributed by atoms with van der Waals surface area (Å²) in [5.41, 5.74) is 2.91. The average molecular weight is 515 g/mol. The number of ether oxygens (including phenoxy) is 2.